The van der Waals surface area contributed by atoms with Gasteiger partial charge in [-0.1, -0.05) is 24.3 Å². The van der Waals surface area contributed by atoms with Crippen molar-refractivity contribution in [3.05, 3.63) is 59.8 Å². The summed E-state index contributed by atoms with van der Waals surface area (Å²) in [5.74, 6) is 0. The Morgan fingerprint density at radius 2 is 1.86 bits per heavy atom. The molecule has 0 atom stereocenters. The third-order valence-electron chi connectivity index (χ3n) is 3.95. The maximum absolute atomic E-state index is 11.1. The van der Waals surface area contributed by atoms with E-state index in [1.54, 1.807) is 6.20 Å². The summed E-state index contributed by atoms with van der Waals surface area (Å²) in [6.07, 6.45) is 2.33. The molecule has 2 heterocycles. The number of benzene rings is 2. The highest BCUT2D eigenvalue weighted by Crippen LogP contribution is 2.30. The molecule has 0 amide bonds. The molecule has 2 aromatic carbocycles. The molecule has 0 bridgehead atoms. The summed E-state index contributed by atoms with van der Waals surface area (Å²) < 4.78 is 11.1. The molecule has 1 aromatic heterocycles. The molecule has 0 saturated carbocycles. The monoisotopic (exact) mass is 293 g/mol. The van der Waals surface area contributed by atoms with Gasteiger partial charge in [-0.25, -0.2) is 0 Å². The highest BCUT2D eigenvalue weighted by atomic mass is 16.7. The second-order valence-corrected chi connectivity index (χ2v) is 5.32. The first-order valence-corrected chi connectivity index (χ1v) is 7.25. The second-order valence-electron chi connectivity index (χ2n) is 5.32. The van der Waals surface area contributed by atoms with Crippen LogP contribution < -0.4 is 0 Å². The number of ether oxygens (including phenoxy) is 2. The van der Waals surface area contributed by atoms with E-state index >= 15 is 0 Å². The van der Waals surface area contributed by atoms with Crippen LogP contribution in [0.25, 0.3) is 22.0 Å². The summed E-state index contributed by atoms with van der Waals surface area (Å²) >= 11 is 0. The number of carbonyl (C=O) groups is 1. The number of aromatic amines is 1. The molecule has 0 aliphatic carbocycles. The van der Waals surface area contributed by atoms with Gasteiger partial charge in [-0.05, 0) is 29.3 Å². The van der Waals surface area contributed by atoms with Crippen molar-refractivity contribution in [3.63, 3.8) is 0 Å². The minimum Gasteiger partial charge on any atom is -0.360 e. The van der Waals surface area contributed by atoms with Crippen molar-refractivity contribution < 1.29 is 14.3 Å². The SMILES string of the molecule is O=Cc1c[nH]c2ccc(-c3cccc(C4OCCO4)c3)cc12. The molecule has 1 N–H and O–H groups in total. The van der Waals surface area contributed by atoms with Crippen LogP contribution in [-0.2, 0) is 9.47 Å². The van der Waals surface area contributed by atoms with Crippen LogP contribution in [0.4, 0.5) is 0 Å². The molecule has 3 aromatic rings. The van der Waals surface area contributed by atoms with Crippen LogP contribution in [0.5, 0.6) is 0 Å². The zero-order valence-electron chi connectivity index (χ0n) is 11.9. The fourth-order valence-electron chi connectivity index (χ4n) is 2.83. The Morgan fingerprint density at radius 3 is 2.68 bits per heavy atom. The number of rotatable bonds is 3. The Morgan fingerprint density at radius 1 is 1.05 bits per heavy atom. The molecule has 0 spiro atoms. The van der Waals surface area contributed by atoms with Crippen molar-refractivity contribution in [1.82, 2.24) is 4.98 Å². The highest BCUT2D eigenvalue weighted by molar-refractivity contribution is 5.99. The Bertz CT molecular complexity index is 831. The van der Waals surface area contributed by atoms with Gasteiger partial charge < -0.3 is 14.5 Å². The summed E-state index contributed by atoms with van der Waals surface area (Å²) in [7, 11) is 0. The summed E-state index contributed by atoms with van der Waals surface area (Å²) in [4.78, 5) is 14.2. The van der Waals surface area contributed by atoms with Gasteiger partial charge in [0.2, 0.25) is 0 Å². The zero-order chi connectivity index (χ0) is 14.9. The number of carbonyl (C=O) groups excluding carboxylic acids is 1. The Kier molecular flexibility index (Phi) is 3.25. The normalized spacial score (nSPS) is 15.5. The zero-order valence-corrected chi connectivity index (χ0v) is 11.9. The molecule has 110 valence electrons. The Labute approximate surface area is 127 Å². The van der Waals surface area contributed by atoms with Crippen molar-refractivity contribution in [2.45, 2.75) is 6.29 Å². The van der Waals surface area contributed by atoms with Crippen LogP contribution in [0.1, 0.15) is 22.2 Å². The molecular weight excluding hydrogens is 278 g/mol. The van der Waals surface area contributed by atoms with E-state index in [9.17, 15) is 4.79 Å². The largest absolute Gasteiger partial charge is 0.360 e. The molecule has 4 nitrogen and oxygen atoms in total. The maximum atomic E-state index is 11.1. The van der Waals surface area contributed by atoms with Gasteiger partial charge in [0, 0.05) is 28.2 Å². The van der Waals surface area contributed by atoms with E-state index in [0.29, 0.717) is 18.8 Å². The van der Waals surface area contributed by atoms with Crippen LogP contribution in [-0.4, -0.2) is 24.5 Å². The van der Waals surface area contributed by atoms with Gasteiger partial charge in [0.15, 0.2) is 12.6 Å². The fourth-order valence-corrected chi connectivity index (χ4v) is 2.83. The number of nitrogens with one attached hydrogen (secondary N) is 1. The van der Waals surface area contributed by atoms with E-state index in [-0.39, 0.29) is 6.29 Å². The Balaban J connectivity index is 1.77. The molecule has 1 aliphatic rings. The lowest BCUT2D eigenvalue weighted by molar-refractivity contribution is -0.0440. The van der Waals surface area contributed by atoms with Gasteiger partial charge >= 0.3 is 0 Å². The van der Waals surface area contributed by atoms with E-state index < -0.39 is 0 Å². The van der Waals surface area contributed by atoms with E-state index in [1.165, 1.54) is 0 Å². The number of hydrogen-bond donors (Lipinski definition) is 1. The first-order chi connectivity index (χ1) is 10.8. The number of aldehydes is 1. The summed E-state index contributed by atoms with van der Waals surface area (Å²) in [6, 6.07) is 14.2. The van der Waals surface area contributed by atoms with Crippen LogP contribution in [0.2, 0.25) is 0 Å². The predicted octanol–water partition coefficient (Wildman–Crippen LogP) is 3.69. The number of H-pyrrole nitrogens is 1. The van der Waals surface area contributed by atoms with Crippen molar-refractivity contribution >= 4 is 17.2 Å². The number of aromatic nitrogens is 1. The van der Waals surface area contributed by atoms with Gasteiger partial charge in [-0.15, -0.1) is 0 Å². The van der Waals surface area contributed by atoms with Crippen LogP contribution in [0.15, 0.2) is 48.7 Å². The molecule has 4 heteroatoms. The Hall–Kier alpha value is -2.43. The minimum atomic E-state index is -0.276. The molecule has 4 rings (SSSR count). The first kappa shape index (κ1) is 13.2. The lowest BCUT2D eigenvalue weighted by atomic mass is 10.0. The molecule has 0 radical (unpaired) electrons. The van der Waals surface area contributed by atoms with Crippen LogP contribution >= 0.6 is 0 Å². The molecular formula is C18H15NO3. The van der Waals surface area contributed by atoms with Crippen LogP contribution in [0, 0.1) is 0 Å². The number of fused-ring (bicyclic) bond motifs is 1. The third-order valence-corrected chi connectivity index (χ3v) is 3.95. The second kappa shape index (κ2) is 5.40. The summed E-state index contributed by atoms with van der Waals surface area (Å²) in [5, 5.41) is 0.936. The predicted molar refractivity (Wildman–Crippen MR) is 83.8 cm³/mol. The van der Waals surface area contributed by atoms with Gasteiger partial charge in [0.05, 0.1) is 13.2 Å². The third kappa shape index (κ3) is 2.22. The first-order valence-electron chi connectivity index (χ1n) is 7.25. The van der Waals surface area contributed by atoms with Gasteiger partial charge in [0.1, 0.15) is 0 Å². The maximum Gasteiger partial charge on any atom is 0.184 e. The smallest absolute Gasteiger partial charge is 0.184 e. The van der Waals surface area contributed by atoms with Gasteiger partial charge in [-0.2, -0.15) is 0 Å². The number of hydrogen-bond acceptors (Lipinski definition) is 3. The van der Waals surface area contributed by atoms with Crippen molar-refractivity contribution in [3.8, 4) is 11.1 Å². The van der Waals surface area contributed by atoms with Crippen molar-refractivity contribution in [2.75, 3.05) is 13.2 Å². The average molecular weight is 293 g/mol. The van der Waals surface area contributed by atoms with E-state index in [1.807, 2.05) is 36.4 Å². The summed E-state index contributed by atoms with van der Waals surface area (Å²) in [6.45, 7) is 1.26. The van der Waals surface area contributed by atoms with E-state index in [4.69, 9.17) is 9.47 Å². The molecule has 22 heavy (non-hydrogen) atoms. The lowest BCUT2D eigenvalue weighted by Gasteiger charge is -2.11. The lowest BCUT2D eigenvalue weighted by Crippen LogP contribution is -1.97. The van der Waals surface area contributed by atoms with Gasteiger partial charge in [0.25, 0.3) is 0 Å². The molecule has 0 unspecified atom stereocenters. The quantitative estimate of drug-likeness (QED) is 0.749. The average Bonchev–Trinajstić information content (AvgIpc) is 3.24. The van der Waals surface area contributed by atoms with Crippen LogP contribution in [0.3, 0.4) is 0 Å². The van der Waals surface area contributed by atoms with Gasteiger partial charge in [-0.3, -0.25) is 4.79 Å². The van der Waals surface area contributed by atoms with E-state index in [2.05, 4.69) is 11.1 Å². The van der Waals surface area contributed by atoms with Crippen molar-refractivity contribution in [1.29, 1.82) is 0 Å². The highest BCUT2D eigenvalue weighted by Gasteiger charge is 2.18. The molecule has 1 fully saturated rings. The standard InChI is InChI=1S/C18H15NO3/c20-11-15-10-19-17-5-4-13(9-16(15)17)12-2-1-3-14(8-12)18-21-6-7-22-18/h1-5,8-11,18-19H,6-7H2. The molecule has 1 saturated heterocycles. The summed E-state index contributed by atoms with van der Waals surface area (Å²) in [5.41, 5.74) is 4.80. The van der Waals surface area contributed by atoms with Crippen molar-refractivity contribution in [2.24, 2.45) is 0 Å². The fraction of sp³-hybridized carbons (Fsp3) is 0.167. The topological polar surface area (TPSA) is 51.3 Å². The van der Waals surface area contributed by atoms with E-state index in [0.717, 1.165) is 33.9 Å². The molecule has 1 aliphatic heterocycles. The minimum absolute atomic E-state index is 0.276.